The predicted molar refractivity (Wildman–Crippen MR) is 69.8 cm³/mol. The first kappa shape index (κ1) is 11.3. The number of aromatic nitrogens is 2. The fourth-order valence-corrected chi connectivity index (χ4v) is 2.16. The molecule has 1 N–H and O–H groups in total. The predicted octanol–water partition coefficient (Wildman–Crippen LogP) is 2.10. The van der Waals surface area contributed by atoms with Crippen LogP contribution in [0.15, 0.2) is 18.3 Å². The van der Waals surface area contributed by atoms with E-state index in [9.17, 15) is 4.79 Å². The lowest BCUT2D eigenvalue weighted by molar-refractivity contribution is 0.0944. The average Bonchev–Trinajstić information content (AvgIpc) is 3.07. The first-order valence-corrected chi connectivity index (χ1v) is 6.47. The third-order valence-corrected chi connectivity index (χ3v) is 3.32. The van der Waals surface area contributed by atoms with Gasteiger partial charge in [-0.05, 0) is 43.9 Å². The molecule has 0 aromatic carbocycles. The minimum Gasteiger partial charge on any atom is -0.348 e. The average molecular weight is 243 g/mol. The van der Waals surface area contributed by atoms with Gasteiger partial charge in [0.15, 0.2) is 0 Å². The van der Waals surface area contributed by atoms with Gasteiger partial charge in [-0.25, -0.2) is 4.98 Å². The lowest BCUT2D eigenvalue weighted by atomic mass is 10.2. The second-order valence-electron chi connectivity index (χ2n) is 4.94. The Bertz CT molecular complexity index is 611. The van der Waals surface area contributed by atoms with E-state index in [1.165, 1.54) is 0 Å². The number of pyridine rings is 1. The second kappa shape index (κ2) is 4.12. The van der Waals surface area contributed by atoms with Crippen molar-refractivity contribution in [3.63, 3.8) is 0 Å². The summed E-state index contributed by atoms with van der Waals surface area (Å²) in [6.45, 7) is 4.06. The Hall–Kier alpha value is -1.84. The van der Waals surface area contributed by atoms with Gasteiger partial charge in [-0.3, -0.25) is 9.20 Å². The zero-order valence-electron chi connectivity index (χ0n) is 10.7. The Morgan fingerprint density at radius 1 is 1.56 bits per heavy atom. The van der Waals surface area contributed by atoms with Gasteiger partial charge < -0.3 is 5.32 Å². The lowest BCUT2D eigenvalue weighted by Gasteiger charge is -2.05. The number of fused-ring (bicyclic) bond motifs is 1. The van der Waals surface area contributed by atoms with E-state index < -0.39 is 0 Å². The number of carbonyl (C=O) groups excluding carboxylic acids is 1. The number of hydrogen-bond donors (Lipinski definition) is 1. The van der Waals surface area contributed by atoms with Crippen LogP contribution in [0.4, 0.5) is 0 Å². The Morgan fingerprint density at radius 2 is 2.33 bits per heavy atom. The molecule has 0 unspecified atom stereocenters. The molecule has 1 fully saturated rings. The lowest BCUT2D eigenvalue weighted by Crippen LogP contribution is -2.27. The quantitative estimate of drug-likeness (QED) is 0.897. The number of aryl methyl sites for hydroxylation is 2. The zero-order valence-corrected chi connectivity index (χ0v) is 10.7. The Labute approximate surface area is 106 Å². The van der Waals surface area contributed by atoms with Crippen molar-refractivity contribution in [3.05, 3.63) is 35.3 Å². The molecule has 1 aliphatic carbocycles. The van der Waals surface area contributed by atoms with Crippen molar-refractivity contribution in [1.29, 1.82) is 0 Å². The van der Waals surface area contributed by atoms with Crippen LogP contribution in [0.5, 0.6) is 0 Å². The van der Waals surface area contributed by atoms with E-state index in [0.717, 1.165) is 36.2 Å². The van der Waals surface area contributed by atoms with Crippen molar-refractivity contribution in [1.82, 2.24) is 14.7 Å². The normalized spacial score (nSPS) is 15.0. The van der Waals surface area contributed by atoms with Crippen LogP contribution >= 0.6 is 0 Å². The van der Waals surface area contributed by atoms with Crippen molar-refractivity contribution >= 4 is 11.6 Å². The number of carbonyl (C=O) groups is 1. The fourth-order valence-electron chi connectivity index (χ4n) is 2.16. The molecule has 0 bridgehead atoms. The van der Waals surface area contributed by atoms with E-state index in [2.05, 4.69) is 10.3 Å². The van der Waals surface area contributed by atoms with E-state index in [-0.39, 0.29) is 5.91 Å². The largest absolute Gasteiger partial charge is 0.348 e. The van der Waals surface area contributed by atoms with E-state index >= 15 is 0 Å². The van der Waals surface area contributed by atoms with Crippen molar-refractivity contribution in [3.8, 4) is 0 Å². The van der Waals surface area contributed by atoms with Crippen LogP contribution in [0.2, 0.25) is 0 Å². The highest BCUT2D eigenvalue weighted by atomic mass is 16.2. The maximum atomic E-state index is 12.3. The summed E-state index contributed by atoms with van der Waals surface area (Å²) in [5.41, 5.74) is 3.58. The summed E-state index contributed by atoms with van der Waals surface area (Å²) >= 11 is 0. The van der Waals surface area contributed by atoms with Gasteiger partial charge in [0, 0.05) is 12.2 Å². The molecule has 2 aromatic rings. The van der Waals surface area contributed by atoms with Gasteiger partial charge in [0.2, 0.25) is 0 Å². The molecular formula is C14H17N3O. The van der Waals surface area contributed by atoms with Gasteiger partial charge in [-0.15, -0.1) is 0 Å². The van der Waals surface area contributed by atoms with Crippen molar-refractivity contribution in [2.75, 3.05) is 0 Å². The highest BCUT2D eigenvalue weighted by molar-refractivity contribution is 5.95. The van der Waals surface area contributed by atoms with E-state index in [1.807, 2.05) is 36.6 Å². The summed E-state index contributed by atoms with van der Waals surface area (Å²) < 4.78 is 1.89. The van der Waals surface area contributed by atoms with Gasteiger partial charge in [-0.1, -0.05) is 6.92 Å². The summed E-state index contributed by atoms with van der Waals surface area (Å²) in [6, 6.07) is 4.38. The molecule has 0 atom stereocenters. The molecule has 18 heavy (non-hydrogen) atoms. The molecule has 2 heterocycles. The van der Waals surface area contributed by atoms with Crippen molar-refractivity contribution < 1.29 is 4.79 Å². The van der Waals surface area contributed by atoms with Gasteiger partial charge >= 0.3 is 0 Å². The number of hydrogen-bond acceptors (Lipinski definition) is 2. The third kappa shape index (κ3) is 1.88. The van der Waals surface area contributed by atoms with Crippen LogP contribution in [-0.2, 0) is 6.42 Å². The number of amides is 1. The summed E-state index contributed by atoms with van der Waals surface area (Å²) in [6.07, 6.45) is 4.90. The molecule has 0 radical (unpaired) electrons. The Morgan fingerprint density at radius 3 is 3.00 bits per heavy atom. The van der Waals surface area contributed by atoms with Crippen LogP contribution in [0.3, 0.4) is 0 Å². The van der Waals surface area contributed by atoms with Gasteiger partial charge in [0.05, 0.1) is 5.69 Å². The highest BCUT2D eigenvalue weighted by Gasteiger charge is 2.26. The molecule has 1 amide bonds. The fraction of sp³-hybridized carbons (Fsp3) is 0.429. The van der Waals surface area contributed by atoms with Gasteiger partial charge in [-0.2, -0.15) is 0 Å². The van der Waals surface area contributed by atoms with Crippen molar-refractivity contribution in [2.45, 2.75) is 39.2 Å². The van der Waals surface area contributed by atoms with E-state index in [1.54, 1.807) is 0 Å². The first-order valence-electron chi connectivity index (χ1n) is 6.47. The summed E-state index contributed by atoms with van der Waals surface area (Å²) in [5, 5.41) is 3.04. The molecule has 1 aliphatic rings. The molecule has 94 valence electrons. The summed E-state index contributed by atoms with van der Waals surface area (Å²) in [7, 11) is 0. The van der Waals surface area contributed by atoms with E-state index in [0.29, 0.717) is 11.7 Å². The van der Waals surface area contributed by atoms with Crippen LogP contribution < -0.4 is 5.32 Å². The van der Waals surface area contributed by atoms with Crippen LogP contribution in [0.1, 0.15) is 41.5 Å². The number of nitrogens with zero attached hydrogens (tertiary/aromatic N) is 2. The highest BCUT2D eigenvalue weighted by Crippen LogP contribution is 2.21. The minimum atomic E-state index is 0.00528. The zero-order chi connectivity index (χ0) is 12.7. The molecular weight excluding hydrogens is 226 g/mol. The van der Waals surface area contributed by atoms with Gasteiger partial charge in [0.1, 0.15) is 11.3 Å². The molecule has 3 rings (SSSR count). The summed E-state index contributed by atoms with van der Waals surface area (Å²) in [5.74, 6) is 0.00528. The number of nitrogens with one attached hydrogen (secondary N) is 1. The number of rotatable bonds is 3. The SMILES string of the molecule is CCc1nc2cc(C)ccn2c1C(=O)NC1CC1. The molecule has 4 nitrogen and oxygen atoms in total. The monoisotopic (exact) mass is 243 g/mol. The molecule has 0 saturated heterocycles. The molecule has 2 aromatic heterocycles. The van der Waals surface area contributed by atoms with Crippen LogP contribution in [0.25, 0.3) is 5.65 Å². The van der Waals surface area contributed by atoms with Crippen LogP contribution in [-0.4, -0.2) is 21.3 Å². The number of imidazole rings is 1. The first-order chi connectivity index (χ1) is 8.69. The Balaban J connectivity index is 2.09. The second-order valence-corrected chi connectivity index (χ2v) is 4.94. The van der Waals surface area contributed by atoms with Crippen molar-refractivity contribution in [2.24, 2.45) is 0 Å². The maximum absolute atomic E-state index is 12.3. The molecule has 0 spiro atoms. The summed E-state index contributed by atoms with van der Waals surface area (Å²) in [4.78, 5) is 16.8. The van der Waals surface area contributed by atoms with Crippen LogP contribution in [0, 0.1) is 6.92 Å². The molecule has 0 aliphatic heterocycles. The maximum Gasteiger partial charge on any atom is 0.270 e. The van der Waals surface area contributed by atoms with Gasteiger partial charge in [0.25, 0.3) is 5.91 Å². The minimum absolute atomic E-state index is 0.00528. The smallest absolute Gasteiger partial charge is 0.270 e. The topological polar surface area (TPSA) is 46.4 Å². The molecule has 1 saturated carbocycles. The standard InChI is InChI=1S/C14H17N3O/c1-3-11-13(14(18)15-10-4-5-10)17-7-6-9(2)8-12(17)16-11/h6-8,10H,3-5H2,1-2H3,(H,15,18). The third-order valence-electron chi connectivity index (χ3n) is 3.32. The molecule has 4 heteroatoms. The van der Waals surface area contributed by atoms with E-state index in [4.69, 9.17) is 0 Å². The Kier molecular flexibility index (Phi) is 2.58.